The fourth-order valence-corrected chi connectivity index (χ4v) is 7.56. The Hall–Kier alpha value is -4.57. The van der Waals surface area contributed by atoms with Gasteiger partial charge in [-0.25, -0.2) is 9.37 Å². The number of phenolic OH excluding ortho intramolecular Hbond substituents is 1. The van der Waals surface area contributed by atoms with Gasteiger partial charge in [-0.05, 0) is 73.4 Å². The monoisotopic (exact) mass is 609 g/mol. The highest BCUT2D eigenvalue weighted by Gasteiger charge is 2.47. The Kier molecular flexibility index (Phi) is 6.36. The highest BCUT2D eigenvalue weighted by molar-refractivity contribution is 6.00. The molecule has 3 N–H and O–H groups in total. The number of hydrogen-bond donors (Lipinski definition) is 2. The van der Waals surface area contributed by atoms with Gasteiger partial charge in [0, 0.05) is 60.3 Å². The van der Waals surface area contributed by atoms with Gasteiger partial charge in [-0.2, -0.15) is 0 Å². The second-order valence-corrected chi connectivity index (χ2v) is 12.8. The minimum atomic E-state index is -0.523. The lowest BCUT2D eigenvalue weighted by Crippen LogP contribution is -2.41. The van der Waals surface area contributed by atoms with Crippen LogP contribution in [0.3, 0.4) is 0 Å². The molecule has 9 nitrogen and oxygen atoms in total. The molecule has 45 heavy (non-hydrogen) atoms. The quantitative estimate of drug-likeness (QED) is 0.245. The minimum absolute atomic E-state index is 0.0291. The van der Waals surface area contributed by atoms with Crippen molar-refractivity contribution in [1.29, 1.82) is 0 Å². The zero-order chi connectivity index (χ0) is 31.1. The Balaban J connectivity index is 1.24. The van der Waals surface area contributed by atoms with Crippen molar-refractivity contribution in [2.45, 2.75) is 44.3 Å². The van der Waals surface area contributed by atoms with Crippen LogP contribution in [0.4, 0.5) is 4.39 Å². The molecule has 232 valence electrons. The summed E-state index contributed by atoms with van der Waals surface area (Å²) >= 11 is 0. The maximum absolute atomic E-state index is 15.1. The van der Waals surface area contributed by atoms with Crippen LogP contribution in [-0.2, 0) is 13.6 Å². The van der Waals surface area contributed by atoms with E-state index in [4.69, 9.17) is 20.2 Å². The number of imidazole rings is 1. The van der Waals surface area contributed by atoms with Crippen molar-refractivity contribution in [3.8, 4) is 39.9 Å². The van der Waals surface area contributed by atoms with Crippen LogP contribution in [0.5, 0.6) is 17.2 Å². The first-order chi connectivity index (χ1) is 21.7. The van der Waals surface area contributed by atoms with Crippen molar-refractivity contribution in [2.75, 3.05) is 20.8 Å². The number of carbonyl (C=O) groups excluding carboxylic acids is 1. The van der Waals surface area contributed by atoms with Crippen LogP contribution in [0.2, 0.25) is 0 Å². The van der Waals surface area contributed by atoms with E-state index in [0.29, 0.717) is 46.3 Å². The maximum atomic E-state index is 15.1. The van der Waals surface area contributed by atoms with E-state index >= 15 is 4.39 Å². The molecular weight excluding hydrogens is 573 g/mol. The molecule has 0 spiro atoms. The van der Waals surface area contributed by atoms with Gasteiger partial charge in [0.05, 0.1) is 25.4 Å². The van der Waals surface area contributed by atoms with Gasteiger partial charge in [0.1, 0.15) is 17.1 Å². The lowest BCUT2D eigenvalue weighted by atomic mass is 10.0. The summed E-state index contributed by atoms with van der Waals surface area (Å²) in [5.41, 5.74) is 11.4. The Morgan fingerprint density at radius 3 is 2.53 bits per heavy atom. The molecule has 1 aliphatic heterocycles. The number of aromatic nitrogens is 3. The number of methoxy groups -OCH3 is 2. The third-order valence-corrected chi connectivity index (χ3v) is 10.2. The molecule has 2 saturated carbocycles. The summed E-state index contributed by atoms with van der Waals surface area (Å²) in [5, 5.41) is 11.1. The van der Waals surface area contributed by atoms with Crippen LogP contribution >= 0.6 is 0 Å². The lowest BCUT2D eigenvalue weighted by Gasteiger charge is -2.27. The van der Waals surface area contributed by atoms with Crippen LogP contribution in [0.25, 0.3) is 44.6 Å². The van der Waals surface area contributed by atoms with E-state index in [1.54, 1.807) is 7.11 Å². The van der Waals surface area contributed by atoms with Crippen LogP contribution in [0.1, 0.15) is 36.0 Å². The first kappa shape index (κ1) is 27.9. The molecule has 3 aliphatic rings. The van der Waals surface area contributed by atoms with E-state index in [0.717, 1.165) is 66.2 Å². The number of amides is 1. The molecule has 8 rings (SSSR count). The van der Waals surface area contributed by atoms with Crippen molar-refractivity contribution in [1.82, 2.24) is 19.0 Å². The Labute approximate surface area is 260 Å². The molecule has 3 atom stereocenters. The van der Waals surface area contributed by atoms with Gasteiger partial charge in [-0.3, -0.25) is 4.79 Å². The summed E-state index contributed by atoms with van der Waals surface area (Å²) < 4.78 is 30.4. The summed E-state index contributed by atoms with van der Waals surface area (Å²) in [4.78, 5) is 20.7. The predicted octanol–water partition coefficient (Wildman–Crippen LogP) is 5.70. The van der Waals surface area contributed by atoms with E-state index in [-0.39, 0.29) is 29.5 Å². The van der Waals surface area contributed by atoms with Gasteiger partial charge >= 0.3 is 0 Å². The normalized spacial score (nSPS) is 20.9. The third-order valence-electron chi connectivity index (χ3n) is 10.2. The van der Waals surface area contributed by atoms with Gasteiger partial charge in [0.15, 0.2) is 17.3 Å². The number of carbonyl (C=O) groups is 1. The molecule has 3 heterocycles. The highest BCUT2D eigenvalue weighted by Crippen LogP contribution is 2.41. The van der Waals surface area contributed by atoms with Gasteiger partial charge < -0.3 is 34.3 Å². The molecular formula is C35H36FN5O4. The predicted molar refractivity (Wildman–Crippen MR) is 170 cm³/mol. The molecule has 3 aromatic carbocycles. The first-order valence-corrected chi connectivity index (χ1v) is 15.6. The summed E-state index contributed by atoms with van der Waals surface area (Å²) in [6, 6.07) is 14.4. The van der Waals surface area contributed by atoms with Crippen molar-refractivity contribution in [3.05, 3.63) is 59.9 Å². The van der Waals surface area contributed by atoms with Gasteiger partial charge in [0.2, 0.25) is 0 Å². The Bertz CT molecular complexity index is 2010. The Morgan fingerprint density at radius 1 is 1.04 bits per heavy atom. The minimum Gasteiger partial charge on any atom is -0.504 e. The fourth-order valence-electron chi connectivity index (χ4n) is 7.56. The number of nitrogens with two attached hydrogens (primary N) is 1. The van der Waals surface area contributed by atoms with E-state index < -0.39 is 5.82 Å². The largest absolute Gasteiger partial charge is 0.504 e. The number of likely N-dealkylation sites (tertiary alicyclic amines) is 1. The molecule has 3 unspecified atom stereocenters. The summed E-state index contributed by atoms with van der Waals surface area (Å²) in [6.07, 6.45) is 4.35. The molecule has 5 aromatic rings. The molecule has 1 saturated heterocycles. The number of ether oxygens (including phenoxy) is 2. The van der Waals surface area contributed by atoms with E-state index in [2.05, 4.69) is 10.6 Å². The Morgan fingerprint density at radius 2 is 1.84 bits per heavy atom. The molecule has 1 amide bonds. The molecule has 0 radical (unpaired) electrons. The number of aromatic hydroxyl groups is 1. The van der Waals surface area contributed by atoms with Gasteiger partial charge in [-0.15, -0.1) is 0 Å². The van der Waals surface area contributed by atoms with Gasteiger partial charge in [0.25, 0.3) is 5.91 Å². The lowest BCUT2D eigenvalue weighted by molar-refractivity contribution is 0.0700. The molecule has 10 heteroatoms. The van der Waals surface area contributed by atoms with Gasteiger partial charge in [-0.1, -0.05) is 12.1 Å². The number of nitrogens with zero attached hydrogens (tertiary/aromatic N) is 4. The fraction of sp³-hybridized carbons (Fsp3) is 0.371. The van der Waals surface area contributed by atoms with E-state index in [1.807, 2.05) is 46.8 Å². The highest BCUT2D eigenvalue weighted by atomic mass is 19.1. The van der Waals surface area contributed by atoms with Crippen molar-refractivity contribution in [2.24, 2.45) is 24.6 Å². The zero-order valence-corrected chi connectivity index (χ0v) is 25.6. The smallest absolute Gasteiger partial charge is 0.254 e. The third kappa shape index (κ3) is 4.37. The van der Waals surface area contributed by atoms with Crippen molar-refractivity contribution in [3.63, 3.8) is 0 Å². The van der Waals surface area contributed by atoms with E-state index in [1.165, 1.54) is 13.2 Å². The topological polar surface area (TPSA) is 108 Å². The average Bonchev–Trinajstić information content (AvgIpc) is 3.44. The van der Waals surface area contributed by atoms with Crippen LogP contribution in [-0.4, -0.2) is 62.9 Å². The molecule has 2 aliphatic carbocycles. The average molecular weight is 610 g/mol. The van der Waals surface area contributed by atoms with Crippen LogP contribution in [0, 0.1) is 17.7 Å². The van der Waals surface area contributed by atoms with E-state index in [9.17, 15) is 9.90 Å². The number of hydrogen-bond acceptors (Lipinski definition) is 6. The SMILES string of the molecule is COc1cc(-c2ccc3cc(-c4nc5cc(C(=O)N6CC7CCC6C7N)cc(OC)c5n4C)n(CC4CC4)c3c2)c(F)cc1O. The number of phenols is 1. The molecule has 2 bridgehead atoms. The number of rotatable bonds is 7. The molecule has 3 fully saturated rings. The van der Waals surface area contributed by atoms with Crippen molar-refractivity contribution < 1.29 is 23.8 Å². The molecule has 2 aromatic heterocycles. The van der Waals surface area contributed by atoms with Crippen LogP contribution < -0.4 is 15.2 Å². The number of aryl methyl sites for hydroxylation is 1. The number of benzene rings is 3. The number of piperidine rings is 1. The second kappa shape index (κ2) is 10.2. The summed E-state index contributed by atoms with van der Waals surface area (Å²) in [7, 11) is 5.03. The summed E-state index contributed by atoms with van der Waals surface area (Å²) in [6.45, 7) is 1.51. The zero-order valence-electron chi connectivity index (χ0n) is 25.6. The first-order valence-electron chi connectivity index (χ1n) is 15.6. The number of fused-ring (bicyclic) bond motifs is 4. The number of halogens is 1. The van der Waals surface area contributed by atoms with Crippen LogP contribution in [0.15, 0.2) is 48.5 Å². The second-order valence-electron chi connectivity index (χ2n) is 12.8. The summed E-state index contributed by atoms with van der Waals surface area (Å²) in [5.74, 6) is 1.70. The maximum Gasteiger partial charge on any atom is 0.254 e. The van der Waals surface area contributed by atoms with Crippen molar-refractivity contribution >= 4 is 27.8 Å². The standard InChI is InChI=1S/C35H36FN5O4/c1-39-33-25(10-22(13-31(33)45-3)35(43)41-17-21-8-9-26(41)32(21)37)38-34(39)28-12-20-7-6-19(11-27(20)40(28)16-18-4-5-18)23-14-30(44-2)29(42)15-24(23)36/h6-7,10-15,18,21,26,32,42H,4-5,8-9,16-17,37H2,1-3H3.